The number of Topliss-reactive ketones (excluding diaryl/α,β-unsaturated/α-hetero) is 1. The van der Waals surface area contributed by atoms with Gasteiger partial charge >= 0.3 is 12.1 Å². The molecule has 0 aromatic carbocycles. The van der Waals surface area contributed by atoms with Crippen LogP contribution in [0.1, 0.15) is 47.5 Å². The van der Waals surface area contributed by atoms with Crippen molar-refractivity contribution < 1.29 is 48.1 Å². The minimum atomic E-state index is -1.03. The maximum atomic E-state index is 13.8. The fourth-order valence-electron chi connectivity index (χ4n) is 5.94. The van der Waals surface area contributed by atoms with Crippen LogP contribution in [0.15, 0.2) is 58.5 Å². The number of aliphatic hydroxyl groups excluding tert-OH is 1. The van der Waals surface area contributed by atoms with Crippen LogP contribution in [0.25, 0.3) is 0 Å². The van der Waals surface area contributed by atoms with Crippen LogP contribution in [0, 0.1) is 11.8 Å². The van der Waals surface area contributed by atoms with E-state index in [-0.39, 0.29) is 54.4 Å². The SMILES string of the molecule is CO[C@H]1/C=C/C=C(/C)C(=O)NC2=CC(=O)C(NCCN3C(=O)N[C@H](C)C3=O)=C(C[C@@H](C)C[C@H](OC)[C@H](O)[C@@H](C)/C=C(\C)[C@@H]1OC(N)=O)C2=O. The van der Waals surface area contributed by atoms with Gasteiger partial charge in [0.15, 0.2) is 6.10 Å². The molecule has 6 N–H and O–H groups in total. The normalized spacial score (nSPS) is 32.0. The van der Waals surface area contributed by atoms with E-state index >= 15 is 0 Å². The van der Waals surface area contributed by atoms with Crippen molar-refractivity contribution in [1.29, 1.82) is 0 Å². The van der Waals surface area contributed by atoms with E-state index in [0.29, 0.717) is 5.57 Å². The molecule has 2 heterocycles. The Morgan fingerprint density at radius 3 is 2.39 bits per heavy atom. The number of allylic oxidation sites excluding steroid dienone is 4. The number of carbonyl (C=O) groups excluding carboxylic acids is 6. The number of amides is 5. The summed E-state index contributed by atoms with van der Waals surface area (Å²) in [6.07, 6.45) is 3.10. The average Bonchev–Trinajstić information content (AvgIpc) is 3.28. The first-order chi connectivity index (χ1) is 23.1. The Labute approximate surface area is 285 Å². The van der Waals surface area contributed by atoms with Crippen molar-refractivity contribution in [1.82, 2.24) is 20.9 Å². The number of ketones is 2. The average molecular weight is 686 g/mol. The summed E-state index contributed by atoms with van der Waals surface area (Å²) >= 11 is 0. The Morgan fingerprint density at radius 2 is 1.80 bits per heavy atom. The number of hydrogen-bond donors (Lipinski definition) is 5. The van der Waals surface area contributed by atoms with Crippen LogP contribution in [-0.2, 0) is 33.4 Å². The number of methoxy groups -OCH3 is 2. The fourth-order valence-corrected chi connectivity index (χ4v) is 5.94. The standard InChI is InChI=1S/C34H47N5O10/c1-17-13-22-27(36-11-12-39-32(44)21(5)37-34(39)46)24(40)16-23(29(22)42)38-31(43)18(2)9-8-10-25(47-6)30(49-33(35)45)20(4)15-19(3)28(41)26(14-17)48-7/h8-10,15-17,19,21,25-26,28,30,36,41H,11-14H2,1-7H3,(H2,35,45)(H,37,46)(H,38,43)/b10-8+,18-9-,20-15+/t17-,19+,21-,25+,26+,28-,30+/m1/s1. The summed E-state index contributed by atoms with van der Waals surface area (Å²) in [6.45, 7) is 8.33. The van der Waals surface area contributed by atoms with Crippen LogP contribution in [0.5, 0.6) is 0 Å². The van der Waals surface area contributed by atoms with E-state index in [1.54, 1.807) is 32.9 Å². The van der Waals surface area contributed by atoms with Crippen molar-refractivity contribution in [2.24, 2.45) is 17.6 Å². The number of ether oxygens (including phenoxy) is 3. The van der Waals surface area contributed by atoms with Gasteiger partial charge in [-0.1, -0.05) is 38.2 Å². The molecule has 0 spiro atoms. The van der Waals surface area contributed by atoms with Gasteiger partial charge in [-0.25, -0.2) is 9.59 Å². The lowest BCUT2D eigenvalue weighted by molar-refractivity contribution is -0.127. The minimum absolute atomic E-state index is 0.00658. The molecule has 2 bridgehead atoms. The topological polar surface area (TPSA) is 216 Å². The van der Waals surface area contributed by atoms with Crippen LogP contribution >= 0.6 is 0 Å². The highest BCUT2D eigenvalue weighted by molar-refractivity contribution is 6.23. The molecule has 1 aliphatic carbocycles. The van der Waals surface area contributed by atoms with Crippen LogP contribution < -0.4 is 21.7 Å². The quantitative estimate of drug-likeness (QED) is 0.146. The third-order valence-electron chi connectivity index (χ3n) is 8.65. The summed E-state index contributed by atoms with van der Waals surface area (Å²) in [5.41, 5.74) is 5.96. The Hall–Kier alpha value is -4.60. The van der Waals surface area contributed by atoms with Gasteiger partial charge in [0, 0.05) is 50.4 Å². The number of rotatable bonds is 7. The number of fused-ring (bicyclic) bond motifs is 2. The molecule has 0 aromatic heterocycles. The molecule has 3 aliphatic rings. The van der Waals surface area contributed by atoms with Gasteiger partial charge in [-0.05, 0) is 45.1 Å². The van der Waals surface area contributed by atoms with E-state index < -0.39 is 71.9 Å². The third-order valence-corrected chi connectivity index (χ3v) is 8.65. The Bertz CT molecular complexity index is 1500. The smallest absolute Gasteiger partial charge is 0.405 e. The second kappa shape index (κ2) is 17.2. The first-order valence-electron chi connectivity index (χ1n) is 16.0. The maximum Gasteiger partial charge on any atom is 0.405 e. The lowest BCUT2D eigenvalue weighted by Gasteiger charge is -2.30. The van der Waals surface area contributed by atoms with Crippen molar-refractivity contribution in [2.75, 3.05) is 27.3 Å². The van der Waals surface area contributed by atoms with Gasteiger partial charge in [0.05, 0.1) is 23.6 Å². The number of nitrogens with zero attached hydrogens (tertiary/aromatic N) is 1. The van der Waals surface area contributed by atoms with Crippen LogP contribution in [0.4, 0.5) is 9.59 Å². The number of primary amides is 1. The number of urea groups is 1. The molecular weight excluding hydrogens is 638 g/mol. The summed E-state index contributed by atoms with van der Waals surface area (Å²) in [7, 11) is 2.86. The summed E-state index contributed by atoms with van der Waals surface area (Å²) < 4.78 is 16.6. The number of aliphatic hydroxyl groups is 1. The molecule has 2 aliphatic heterocycles. The molecule has 15 nitrogen and oxygen atoms in total. The summed E-state index contributed by atoms with van der Waals surface area (Å²) in [5, 5.41) is 19.3. The molecule has 1 saturated heterocycles. The number of hydrogen-bond acceptors (Lipinski definition) is 11. The monoisotopic (exact) mass is 685 g/mol. The summed E-state index contributed by atoms with van der Waals surface area (Å²) in [4.78, 5) is 77.7. The number of carbonyl (C=O) groups is 6. The van der Waals surface area contributed by atoms with Crippen molar-refractivity contribution >= 4 is 35.5 Å². The van der Waals surface area contributed by atoms with Gasteiger partial charge in [-0.2, -0.15) is 0 Å². The van der Waals surface area contributed by atoms with Gasteiger partial charge < -0.3 is 41.0 Å². The zero-order valence-corrected chi connectivity index (χ0v) is 28.9. The van der Waals surface area contributed by atoms with E-state index in [1.807, 2.05) is 6.92 Å². The Kier molecular flexibility index (Phi) is 13.6. The minimum Gasteiger partial charge on any atom is -0.439 e. The van der Waals surface area contributed by atoms with E-state index in [0.717, 1.165) is 11.0 Å². The highest BCUT2D eigenvalue weighted by Gasteiger charge is 2.36. The lowest BCUT2D eigenvalue weighted by Crippen LogP contribution is -2.40. The molecule has 0 radical (unpaired) electrons. The molecule has 5 amide bonds. The highest BCUT2D eigenvalue weighted by atomic mass is 16.6. The second-order valence-corrected chi connectivity index (χ2v) is 12.5. The first-order valence-corrected chi connectivity index (χ1v) is 16.0. The lowest BCUT2D eigenvalue weighted by atomic mass is 9.85. The number of nitrogens with one attached hydrogen (secondary N) is 3. The van der Waals surface area contributed by atoms with Gasteiger partial charge in [0.25, 0.3) is 11.8 Å². The Morgan fingerprint density at radius 1 is 1.10 bits per heavy atom. The largest absolute Gasteiger partial charge is 0.439 e. The first kappa shape index (κ1) is 38.8. The molecule has 3 rings (SSSR count). The van der Waals surface area contributed by atoms with Gasteiger partial charge in [0.1, 0.15) is 12.1 Å². The predicted octanol–water partition coefficient (Wildman–Crippen LogP) is 1.29. The van der Waals surface area contributed by atoms with E-state index in [9.17, 15) is 33.9 Å². The van der Waals surface area contributed by atoms with E-state index in [4.69, 9.17) is 19.9 Å². The van der Waals surface area contributed by atoms with Gasteiger partial charge in [-0.3, -0.25) is 24.1 Å². The highest BCUT2D eigenvalue weighted by Crippen LogP contribution is 2.29. The van der Waals surface area contributed by atoms with Crippen molar-refractivity contribution in [3.63, 3.8) is 0 Å². The molecule has 49 heavy (non-hydrogen) atoms. The summed E-state index contributed by atoms with van der Waals surface area (Å²) in [6, 6.07) is -1.22. The van der Waals surface area contributed by atoms with Gasteiger partial charge in [0.2, 0.25) is 11.6 Å². The molecule has 7 atom stereocenters. The molecule has 15 heteroatoms. The van der Waals surface area contributed by atoms with Crippen LogP contribution in [0.2, 0.25) is 0 Å². The number of nitrogens with two attached hydrogens (primary N) is 1. The zero-order valence-electron chi connectivity index (χ0n) is 28.9. The molecule has 0 aromatic rings. The van der Waals surface area contributed by atoms with Crippen molar-refractivity contribution in [2.45, 2.75) is 77.9 Å². The maximum absolute atomic E-state index is 13.8. The molecule has 0 saturated carbocycles. The van der Waals surface area contributed by atoms with Crippen molar-refractivity contribution in [3.05, 3.63) is 58.5 Å². The molecular formula is C34H47N5O10. The van der Waals surface area contributed by atoms with E-state index in [1.165, 1.54) is 33.3 Å². The van der Waals surface area contributed by atoms with Crippen molar-refractivity contribution in [3.8, 4) is 0 Å². The molecule has 268 valence electrons. The van der Waals surface area contributed by atoms with E-state index in [2.05, 4.69) is 16.0 Å². The molecule has 0 unspecified atom stereocenters. The fraction of sp³-hybridized carbons (Fsp3) is 0.529. The Balaban J connectivity index is 2.01. The molecule has 1 fully saturated rings. The predicted molar refractivity (Wildman–Crippen MR) is 177 cm³/mol. The van der Waals surface area contributed by atoms with Gasteiger partial charge in [-0.15, -0.1) is 0 Å². The summed E-state index contributed by atoms with van der Waals surface area (Å²) in [5.74, 6) is -3.02. The van der Waals surface area contributed by atoms with Crippen LogP contribution in [-0.4, -0.2) is 103 Å². The zero-order chi connectivity index (χ0) is 36.6. The van der Waals surface area contributed by atoms with Crippen LogP contribution in [0.3, 0.4) is 0 Å². The second-order valence-electron chi connectivity index (χ2n) is 12.5. The number of imide groups is 1. The third kappa shape index (κ3) is 9.74.